The Morgan fingerprint density at radius 1 is 1.18 bits per heavy atom. The fraction of sp³-hybridized carbons (Fsp3) is 0.0625. The minimum absolute atomic E-state index is 0.287. The van der Waals surface area contributed by atoms with Crippen molar-refractivity contribution in [1.29, 1.82) is 0 Å². The zero-order valence-electron chi connectivity index (χ0n) is 11.7. The van der Waals surface area contributed by atoms with Gasteiger partial charge in [0.2, 0.25) is 0 Å². The molecule has 0 radical (unpaired) electrons. The largest absolute Gasteiger partial charge is 0.349 e. The molecule has 0 saturated heterocycles. The molecule has 2 rings (SSSR count). The Morgan fingerprint density at radius 3 is 2.64 bits per heavy atom. The summed E-state index contributed by atoms with van der Waals surface area (Å²) in [6, 6.07) is 9.84. The minimum Gasteiger partial charge on any atom is -0.349 e. The second-order valence-corrected chi connectivity index (χ2v) is 4.76. The van der Waals surface area contributed by atoms with Crippen molar-refractivity contribution in [3.63, 3.8) is 0 Å². The zero-order chi connectivity index (χ0) is 15.9. The van der Waals surface area contributed by atoms with E-state index in [2.05, 4.69) is 22.2 Å². The topological polar surface area (TPSA) is 71.1 Å². The Hall–Kier alpha value is -2.66. The maximum atomic E-state index is 12.2. The average molecular weight is 316 g/mol. The number of benzene rings is 1. The molecule has 0 aliphatic carbocycles. The molecule has 0 bridgehead atoms. The van der Waals surface area contributed by atoms with Crippen LogP contribution in [0.5, 0.6) is 0 Å². The predicted octanol–water partition coefficient (Wildman–Crippen LogP) is 2.90. The second-order valence-electron chi connectivity index (χ2n) is 4.37. The first kappa shape index (κ1) is 15.7. The molecule has 2 N–H and O–H groups in total. The first-order valence-corrected chi connectivity index (χ1v) is 6.90. The molecule has 0 aliphatic heterocycles. The third-order valence-electron chi connectivity index (χ3n) is 2.82. The standard InChI is InChI=1S/C16H14ClN3O2/c1-2-9-18-16(22)12-5-3-4-6-13(12)20-15(21)11-7-8-14(17)19-10-11/h2-8,10H,1,9H2,(H,18,22)(H,20,21). The van der Waals surface area contributed by atoms with Crippen molar-refractivity contribution in [1.82, 2.24) is 10.3 Å². The van der Waals surface area contributed by atoms with Crippen LogP contribution in [-0.4, -0.2) is 23.3 Å². The molecule has 0 saturated carbocycles. The van der Waals surface area contributed by atoms with Crippen LogP contribution in [0.15, 0.2) is 55.3 Å². The van der Waals surface area contributed by atoms with Crippen molar-refractivity contribution in [3.8, 4) is 0 Å². The third kappa shape index (κ3) is 3.93. The molecular formula is C16H14ClN3O2. The number of amides is 2. The smallest absolute Gasteiger partial charge is 0.257 e. The predicted molar refractivity (Wildman–Crippen MR) is 86.2 cm³/mol. The van der Waals surface area contributed by atoms with Gasteiger partial charge < -0.3 is 10.6 Å². The van der Waals surface area contributed by atoms with Gasteiger partial charge in [0.15, 0.2) is 0 Å². The number of aromatic nitrogens is 1. The van der Waals surface area contributed by atoms with E-state index < -0.39 is 0 Å². The Balaban J connectivity index is 2.18. The molecule has 0 fully saturated rings. The lowest BCUT2D eigenvalue weighted by atomic mass is 10.1. The molecule has 0 spiro atoms. The maximum absolute atomic E-state index is 12.2. The number of halogens is 1. The summed E-state index contributed by atoms with van der Waals surface area (Å²) in [4.78, 5) is 28.1. The van der Waals surface area contributed by atoms with Crippen LogP contribution in [0.3, 0.4) is 0 Å². The summed E-state index contributed by atoms with van der Waals surface area (Å²) in [6.07, 6.45) is 2.95. The van der Waals surface area contributed by atoms with E-state index in [1.54, 1.807) is 36.4 Å². The summed E-state index contributed by atoms with van der Waals surface area (Å²) < 4.78 is 0. The summed E-state index contributed by atoms with van der Waals surface area (Å²) >= 11 is 5.69. The van der Waals surface area contributed by atoms with Crippen LogP contribution in [0.4, 0.5) is 5.69 Å². The van der Waals surface area contributed by atoms with Crippen molar-refractivity contribution in [2.75, 3.05) is 11.9 Å². The van der Waals surface area contributed by atoms with Crippen molar-refractivity contribution in [3.05, 3.63) is 71.5 Å². The van der Waals surface area contributed by atoms with Crippen molar-refractivity contribution in [2.45, 2.75) is 0 Å². The van der Waals surface area contributed by atoms with Crippen LogP contribution in [0.1, 0.15) is 20.7 Å². The third-order valence-corrected chi connectivity index (χ3v) is 3.04. The van der Waals surface area contributed by atoms with Crippen LogP contribution in [0.25, 0.3) is 0 Å². The van der Waals surface area contributed by atoms with Gasteiger partial charge in [-0.2, -0.15) is 0 Å². The van der Waals surface area contributed by atoms with Crippen molar-refractivity contribution < 1.29 is 9.59 Å². The highest BCUT2D eigenvalue weighted by atomic mass is 35.5. The van der Waals surface area contributed by atoms with E-state index in [0.717, 1.165) is 0 Å². The number of para-hydroxylation sites is 1. The normalized spacial score (nSPS) is 9.86. The molecule has 112 valence electrons. The van der Waals surface area contributed by atoms with E-state index in [1.807, 2.05) is 0 Å². The first-order valence-electron chi connectivity index (χ1n) is 6.53. The molecule has 1 heterocycles. The molecule has 0 aliphatic rings. The molecule has 1 aromatic carbocycles. The van der Waals surface area contributed by atoms with Gasteiger partial charge in [0, 0.05) is 12.7 Å². The van der Waals surface area contributed by atoms with Crippen LogP contribution in [-0.2, 0) is 0 Å². The minimum atomic E-state index is -0.367. The van der Waals surface area contributed by atoms with Gasteiger partial charge in [0.25, 0.3) is 11.8 Å². The molecule has 2 aromatic rings. The SMILES string of the molecule is C=CCNC(=O)c1ccccc1NC(=O)c1ccc(Cl)nc1. The monoisotopic (exact) mass is 315 g/mol. The lowest BCUT2D eigenvalue weighted by Gasteiger charge is -2.10. The quantitative estimate of drug-likeness (QED) is 0.658. The highest BCUT2D eigenvalue weighted by molar-refractivity contribution is 6.29. The van der Waals surface area contributed by atoms with Crippen molar-refractivity contribution >= 4 is 29.1 Å². The van der Waals surface area contributed by atoms with Gasteiger partial charge in [-0.15, -0.1) is 6.58 Å². The molecule has 1 aromatic heterocycles. The van der Waals surface area contributed by atoms with Gasteiger partial charge in [-0.25, -0.2) is 4.98 Å². The fourth-order valence-electron chi connectivity index (χ4n) is 1.75. The van der Waals surface area contributed by atoms with Gasteiger partial charge in [0.05, 0.1) is 16.8 Å². The molecule has 2 amide bonds. The average Bonchev–Trinajstić information content (AvgIpc) is 2.53. The van der Waals surface area contributed by atoms with Crippen LogP contribution < -0.4 is 10.6 Å². The number of carbonyl (C=O) groups excluding carboxylic acids is 2. The number of anilines is 1. The van der Waals surface area contributed by atoms with E-state index in [0.29, 0.717) is 28.5 Å². The van der Waals surface area contributed by atoms with E-state index in [-0.39, 0.29) is 11.8 Å². The summed E-state index contributed by atoms with van der Waals surface area (Å²) in [5.41, 5.74) is 1.15. The second kappa shape index (κ2) is 7.38. The van der Waals surface area contributed by atoms with Gasteiger partial charge in [-0.3, -0.25) is 9.59 Å². The number of hydrogen-bond acceptors (Lipinski definition) is 3. The Bertz CT molecular complexity index is 699. The van der Waals surface area contributed by atoms with E-state index in [1.165, 1.54) is 12.3 Å². The summed E-state index contributed by atoms with van der Waals surface area (Å²) in [7, 11) is 0. The maximum Gasteiger partial charge on any atom is 0.257 e. The number of carbonyl (C=O) groups is 2. The highest BCUT2D eigenvalue weighted by Gasteiger charge is 2.13. The highest BCUT2D eigenvalue weighted by Crippen LogP contribution is 2.16. The molecule has 0 unspecified atom stereocenters. The van der Waals surface area contributed by atoms with E-state index in [4.69, 9.17) is 11.6 Å². The Labute approximate surface area is 133 Å². The Morgan fingerprint density at radius 2 is 1.95 bits per heavy atom. The molecule has 6 heteroatoms. The lowest BCUT2D eigenvalue weighted by Crippen LogP contribution is -2.25. The molecule has 0 atom stereocenters. The van der Waals surface area contributed by atoms with Gasteiger partial charge in [-0.1, -0.05) is 29.8 Å². The lowest BCUT2D eigenvalue weighted by molar-refractivity contribution is 0.0959. The summed E-state index contributed by atoms with van der Waals surface area (Å²) in [5, 5.41) is 5.67. The van der Waals surface area contributed by atoms with Gasteiger partial charge in [-0.05, 0) is 24.3 Å². The summed E-state index contributed by atoms with van der Waals surface area (Å²) in [6.45, 7) is 3.89. The number of nitrogens with zero attached hydrogens (tertiary/aromatic N) is 1. The summed E-state index contributed by atoms with van der Waals surface area (Å²) in [5.74, 6) is -0.654. The fourth-order valence-corrected chi connectivity index (χ4v) is 1.87. The number of rotatable bonds is 5. The van der Waals surface area contributed by atoms with Gasteiger partial charge >= 0.3 is 0 Å². The molecular weight excluding hydrogens is 302 g/mol. The molecule has 22 heavy (non-hydrogen) atoms. The van der Waals surface area contributed by atoms with Crippen LogP contribution in [0, 0.1) is 0 Å². The van der Waals surface area contributed by atoms with Crippen LogP contribution >= 0.6 is 11.6 Å². The zero-order valence-corrected chi connectivity index (χ0v) is 12.4. The van der Waals surface area contributed by atoms with Crippen molar-refractivity contribution in [2.24, 2.45) is 0 Å². The number of nitrogens with one attached hydrogen (secondary N) is 2. The van der Waals surface area contributed by atoms with E-state index >= 15 is 0 Å². The van der Waals surface area contributed by atoms with Gasteiger partial charge in [0.1, 0.15) is 5.15 Å². The Kier molecular flexibility index (Phi) is 5.27. The number of hydrogen-bond donors (Lipinski definition) is 2. The number of pyridine rings is 1. The van der Waals surface area contributed by atoms with E-state index in [9.17, 15) is 9.59 Å². The molecule has 5 nitrogen and oxygen atoms in total. The van der Waals surface area contributed by atoms with Crippen LogP contribution in [0.2, 0.25) is 5.15 Å². The first-order chi connectivity index (χ1) is 10.6.